The van der Waals surface area contributed by atoms with E-state index in [1.165, 1.54) is 0 Å². The van der Waals surface area contributed by atoms with Gasteiger partial charge in [0.1, 0.15) is 11.1 Å². The molecule has 1 heterocycles. The van der Waals surface area contributed by atoms with Crippen LogP contribution in [0.3, 0.4) is 0 Å². The second-order valence-corrected chi connectivity index (χ2v) is 8.01. The average molecular weight is 405 g/mol. The molecule has 2 amide bonds. The number of amides is 2. The Morgan fingerprint density at radius 3 is 2.32 bits per heavy atom. The number of alkyl halides is 1. The Hall–Kier alpha value is -2.27. The van der Waals surface area contributed by atoms with Gasteiger partial charge in [0.15, 0.2) is 0 Å². The fraction of sp³-hybridized carbons (Fsp3) is 0.455. The van der Waals surface area contributed by atoms with Crippen molar-refractivity contribution in [2.24, 2.45) is 5.92 Å². The summed E-state index contributed by atoms with van der Waals surface area (Å²) < 4.78 is 5.43. The van der Waals surface area contributed by atoms with Crippen molar-refractivity contribution < 1.29 is 14.0 Å². The van der Waals surface area contributed by atoms with Crippen LogP contribution < -0.4 is 0 Å². The molecule has 0 saturated heterocycles. The molecule has 0 saturated carbocycles. The Morgan fingerprint density at radius 2 is 1.75 bits per heavy atom. The van der Waals surface area contributed by atoms with Crippen LogP contribution in [-0.2, 0) is 22.6 Å². The second kappa shape index (κ2) is 10.9. The number of hydrogen-bond acceptors (Lipinski definition) is 3. The summed E-state index contributed by atoms with van der Waals surface area (Å²) >= 11 is 5.99. The zero-order valence-corrected chi connectivity index (χ0v) is 17.6. The van der Waals surface area contributed by atoms with Crippen LogP contribution in [-0.4, -0.2) is 46.6 Å². The van der Waals surface area contributed by atoms with Crippen LogP contribution in [0.15, 0.2) is 53.1 Å². The Morgan fingerprint density at radius 1 is 1.04 bits per heavy atom. The van der Waals surface area contributed by atoms with Gasteiger partial charge in [-0.25, -0.2) is 0 Å². The van der Waals surface area contributed by atoms with Gasteiger partial charge in [-0.3, -0.25) is 9.59 Å². The van der Waals surface area contributed by atoms with Crippen molar-refractivity contribution in [2.75, 3.05) is 19.6 Å². The van der Waals surface area contributed by atoms with Gasteiger partial charge in [0.25, 0.3) is 0 Å². The van der Waals surface area contributed by atoms with Crippen LogP contribution in [0.4, 0.5) is 0 Å². The maximum atomic E-state index is 13.1. The highest BCUT2D eigenvalue weighted by Gasteiger charge is 2.25. The number of nitrogens with zero attached hydrogens (tertiary/aromatic N) is 2. The van der Waals surface area contributed by atoms with E-state index < -0.39 is 5.38 Å². The Labute approximate surface area is 172 Å². The Bertz CT molecular complexity index is 730. The van der Waals surface area contributed by atoms with Gasteiger partial charge in [0, 0.05) is 13.1 Å². The van der Waals surface area contributed by atoms with Crippen LogP contribution in [0.2, 0.25) is 0 Å². The molecule has 1 aromatic carbocycles. The van der Waals surface area contributed by atoms with E-state index in [9.17, 15) is 9.59 Å². The first-order valence-electron chi connectivity index (χ1n) is 9.63. The third kappa shape index (κ3) is 7.04. The van der Waals surface area contributed by atoms with E-state index in [-0.39, 0.29) is 24.3 Å². The predicted molar refractivity (Wildman–Crippen MR) is 111 cm³/mol. The first-order valence-corrected chi connectivity index (χ1v) is 10.1. The number of carbonyl (C=O) groups is 2. The molecule has 0 aliphatic carbocycles. The zero-order chi connectivity index (χ0) is 20.5. The lowest BCUT2D eigenvalue weighted by atomic mass is 10.1. The first kappa shape index (κ1) is 22.0. The smallest absolute Gasteiger partial charge is 0.242 e. The molecule has 1 atom stereocenters. The van der Waals surface area contributed by atoms with Crippen molar-refractivity contribution in [3.8, 4) is 0 Å². The number of halogens is 1. The highest BCUT2D eigenvalue weighted by atomic mass is 35.5. The van der Waals surface area contributed by atoms with Crippen molar-refractivity contribution in [1.82, 2.24) is 9.80 Å². The minimum absolute atomic E-state index is 0.0174. The topological polar surface area (TPSA) is 53.8 Å². The highest BCUT2D eigenvalue weighted by Crippen LogP contribution is 2.11. The summed E-state index contributed by atoms with van der Waals surface area (Å²) in [5.41, 5.74) is 1.16. The molecule has 2 rings (SSSR count). The van der Waals surface area contributed by atoms with Crippen molar-refractivity contribution in [2.45, 2.75) is 39.1 Å². The lowest BCUT2D eigenvalue weighted by molar-refractivity contribution is -0.141. The van der Waals surface area contributed by atoms with Gasteiger partial charge in [-0.2, -0.15) is 0 Å². The molecule has 0 N–H and O–H groups in total. The fourth-order valence-electron chi connectivity index (χ4n) is 2.98. The van der Waals surface area contributed by atoms with E-state index in [0.717, 1.165) is 12.0 Å². The summed E-state index contributed by atoms with van der Waals surface area (Å²) in [7, 11) is 0. The average Bonchev–Trinajstić information content (AvgIpc) is 3.17. The monoisotopic (exact) mass is 404 g/mol. The van der Waals surface area contributed by atoms with Crippen LogP contribution >= 0.6 is 11.6 Å². The molecule has 0 bridgehead atoms. The fourth-order valence-corrected chi connectivity index (χ4v) is 3.12. The molecule has 1 aromatic heterocycles. The lowest BCUT2D eigenvalue weighted by Gasteiger charge is -2.29. The van der Waals surface area contributed by atoms with Crippen molar-refractivity contribution >= 4 is 23.4 Å². The standard InChI is InChI=1S/C22H29ClN2O3/c1-17(2)14-25(22(27)18(3)23)16-21(26)24(15-20-10-7-13-28-20)12-11-19-8-5-4-6-9-19/h4-10,13,17-18H,11-12,14-16H2,1-3H3. The summed E-state index contributed by atoms with van der Waals surface area (Å²) in [6.45, 7) is 7.10. The molecule has 6 heteroatoms. The first-order chi connectivity index (χ1) is 13.4. The van der Waals surface area contributed by atoms with Gasteiger partial charge in [-0.1, -0.05) is 44.2 Å². The van der Waals surface area contributed by atoms with Gasteiger partial charge in [-0.05, 0) is 37.0 Å². The molecule has 0 aliphatic heterocycles. The molecular formula is C22H29ClN2O3. The van der Waals surface area contributed by atoms with Gasteiger partial charge >= 0.3 is 0 Å². The lowest BCUT2D eigenvalue weighted by Crippen LogP contribution is -2.46. The summed E-state index contributed by atoms with van der Waals surface area (Å²) in [6.07, 6.45) is 2.33. The summed E-state index contributed by atoms with van der Waals surface area (Å²) in [5.74, 6) is 0.632. The normalized spacial score (nSPS) is 12.0. The van der Waals surface area contributed by atoms with E-state index in [1.54, 1.807) is 29.1 Å². The third-order valence-corrected chi connectivity index (χ3v) is 4.54. The minimum Gasteiger partial charge on any atom is -0.467 e. The number of carbonyl (C=O) groups excluding carboxylic acids is 2. The Kier molecular flexibility index (Phi) is 8.58. The molecule has 0 fully saturated rings. The van der Waals surface area contributed by atoms with E-state index in [0.29, 0.717) is 25.4 Å². The van der Waals surface area contributed by atoms with E-state index in [2.05, 4.69) is 0 Å². The maximum absolute atomic E-state index is 13.1. The molecule has 0 aliphatic rings. The van der Waals surface area contributed by atoms with E-state index in [4.69, 9.17) is 16.0 Å². The number of furan rings is 1. The number of benzene rings is 1. The van der Waals surface area contributed by atoms with Crippen LogP contribution in [0, 0.1) is 5.92 Å². The van der Waals surface area contributed by atoms with Gasteiger partial charge < -0.3 is 14.2 Å². The molecule has 0 radical (unpaired) electrons. The Balaban J connectivity index is 2.10. The highest BCUT2D eigenvalue weighted by molar-refractivity contribution is 6.30. The van der Waals surface area contributed by atoms with Crippen molar-refractivity contribution in [1.29, 1.82) is 0 Å². The molecule has 2 aromatic rings. The molecule has 28 heavy (non-hydrogen) atoms. The molecule has 5 nitrogen and oxygen atoms in total. The second-order valence-electron chi connectivity index (χ2n) is 7.36. The maximum Gasteiger partial charge on any atom is 0.242 e. The predicted octanol–water partition coefficient (Wildman–Crippen LogP) is 3.96. The summed E-state index contributed by atoms with van der Waals surface area (Å²) in [5, 5.41) is -0.658. The molecular weight excluding hydrogens is 376 g/mol. The van der Waals surface area contributed by atoms with Gasteiger partial charge in [-0.15, -0.1) is 11.6 Å². The largest absolute Gasteiger partial charge is 0.467 e. The third-order valence-electron chi connectivity index (χ3n) is 4.36. The summed E-state index contributed by atoms with van der Waals surface area (Å²) in [6, 6.07) is 13.7. The zero-order valence-electron chi connectivity index (χ0n) is 16.8. The number of rotatable bonds is 10. The van der Waals surface area contributed by atoms with Crippen molar-refractivity contribution in [3.63, 3.8) is 0 Å². The molecule has 152 valence electrons. The summed E-state index contributed by atoms with van der Waals surface area (Å²) in [4.78, 5) is 28.8. The van der Waals surface area contributed by atoms with Crippen LogP contribution in [0.1, 0.15) is 32.1 Å². The molecule has 1 unspecified atom stereocenters. The van der Waals surface area contributed by atoms with Crippen LogP contribution in [0.5, 0.6) is 0 Å². The minimum atomic E-state index is -0.658. The SMILES string of the molecule is CC(C)CN(CC(=O)N(CCc1ccccc1)Cc1ccco1)C(=O)C(C)Cl. The number of hydrogen-bond donors (Lipinski definition) is 0. The van der Waals surface area contributed by atoms with Crippen molar-refractivity contribution in [3.05, 3.63) is 60.1 Å². The molecule has 0 spiro atoms. The van der Waals surface area contributed by atoms with Gasteiger partial charge in [0.05, 0.1) is 19.4 Å². The van der Waals surface area contributed by atoms with Gasteiger partial charge in [0.2, 0.25) is 11.8 Å². The van der Waals surface area contributed by atoms with E-state index in [1.807, 2.05) is 50.2 Å². The van der Waals surface area contributed by atoms with E-state index >= 15 is 0 Å². The van der Waals surface area contributed by atoms with Crippen LogP contribution in [0.25, 0.3) is 0 Å². The quantitative estimate of drug-likeness (QED) is 0.563.